The van der Waals surface area contributed by atoms with Crippen LogP contribution < -0.4 is 10.6 Å². The number of amides is 2. The molecule has 1 aliphatic heterocycles. The Kier molecular flexibility index (Phi) is 5.35. The Labute approximate surface area is 156 Å². The van der Waals surface area contributed by atoms with Gasteiger partial charge in [0, 0.05) is 17.3 Å². The Morgan fingerprint density at radius 3 is 2.70 bits per heavy atom. The van der Waals surface area contributed by atoms with E-state index >= 15 is 0 Å². The van der Waals surface area contributed by atoms with Crippen molar-refractivity contribution in [3.05, 3.63) is 64.2 Å². The van der Waals surface area contributed by atoms with E-state index in [1.54, 1.807) is 24.3 Å². The molecule has 0 aliphatic carbocycles. The summed E-state index contributed by atoms with van der Waals surface area (Å²) in [7, 11) is 0. The van der Waals surface area contributed by atoms with E-state index in [1.165, 1.54) is 18.2 Å². The molecule has 0 bridgehead atoms. The number of hydrogen-bond acceptors (Lipinski definition) is 5. The molecule has 140 valence electrons. The SMILES string of the molecule is CC(C)[C@H]1COC(c2cccc(NC(=O)Nc3ccccc3[N+](=O)[O-])c2)=N1. The molecule has 0 fully saturated rings. The van der Waals surface area contributed by atoms with Gasteiger partial charge in [-0.2, -0.15) is 0 Å². The summed E-state index contributed by atoms with van der Waals surface area (Å²) in [5.74, 6) is 0.938. The Bertz CT molecular complexity index is 895. The second kappa shape index (κ2) is 7.86. The molecular formula is C19H20N4O4. The monoisotopic (exact) mass is 368 g/mol. The van der Waals surface area contributed by atoms with Crippen LogP contribution >= 0.6 is 0 Å². The van der Waals surface area contributed by atoms with E-state index in [1.807, 2.05) is 6.07 Å². The van der Waals surface area contributed by atoms with Crippen LogP contribution in [0.15, 0.2) is 53.5 Å². The third-order valence-corrected chi connectivity index (χ3v) is 4.16. The summed E-state index contributed by atoms with van der Waals surface area (Å²) in [5, 5.41) is 16.2. The van der Waals surface area contributed by atoms with Crippen LogP contribution in [0.25, 0.3) is 0 Å². The van der Waals surface area contributed by atoms with Crippen LogP contribution in [0.2, 0.25) is 0 Å². The molecule has 1 heterocycles. The minimum Gasteiger partial charge on any atom is -0.475 e. The van der Waals surface area contributed by atoms with Gasteiger partial charge in [0.15, 0.2) is 0 Å². The van der Waals surface area contributed by atoms with E-state index in [2.05, 4.69) is 29.5 Å². The maximum atomic E-state index is 12.2. The molecule has 2 N–H and O–H groups in total. The van der Waals surface area contributed by atoms with Crippen molar-refractivity contribution in [3.8, 4) is 0 Å². The molecular weight excluding hydrogens is 348 g/mol. The lowest BCUT2D eigenvalue weighted by molar-refractivity contribution is -0.383. The lowest BCUT2D eigenvalue weighted by Crippen LogP contribution is -2.20. The molecule has 0 aromatic heterocycles. The second-order valence-corrected chi connectivity index (χ2v) is 6.49. The number of carbonyl (C=O) groups excluding carboxylic acids is 1. The number of urea groups is 1. The van der Waals surface area contributed by atoms with E-state index in [0.29, 0.717) is 24.1 Å². The second-order valence-electron chi connectivity index (χ2n) is 6.49. The van der Waals surface area contributed by atoms with Gasteiger partial charge in [0.05, 0.1) is 11.0 Å². The predicted octanol–water partition coefficient (Wildman–Crippen LogP) is 4.04. The number of nitro benzene ring substituents is 1. The van der Waals surface area contributed by atoms with Crippen molar-refractivity contribution in [3.63, 3.8) is 0 Å². The summed E-state index contributed by atoms with van der Waals surface area (Å²) < 4.78 is 5.66. The number of hydrogen-bond donors (Lipinski definition) is 2. The number of anilines is 2. The van der Waals surface area contributed by atoms with Crippen molar-refractivity contribution in [2.24, 2.45) is 10.9 Å². The van der Waals surface area contributed by atoms with Gasteiger partial charge in [0.1, 0.15) is 12.3 Å². The minimum atomic E-state index is -0.573. The zero-order valence-corrected chi connectivity index (χ0v) is 15.0. The summed E-state index contributed by atoms with van der Waals surface area (Å²) in [4.78, 5) is 27.3. The van der Waals surface area contributed by atoms with Crippen molar-refractivity contribution < 1.29 is 14.5 Å². The molecule has 2 aromatic rings. The normalized spacial score (nSPS) is 15.8. The van der Waals surface area contributed by atoms with Gasteiger partial charge in [-0.25, -0.2) is 9.79 Å². The summed E-state index contributed by atoms with van der Waals surface area (Å²) in [6, 6.07) is 12.6. The molecule has 0 radical (unpaired) electrons. The van der Waals surface area contributed by atoms with Crippen LogP contribution in [0.3, 0.4) is 0 Å². The van der Waals surface area contributed by atoms with Crippen LogP contribution in [0.1, 0.15) is 19.4 Å². The fourth-order valence-corrected chi connectivity index (χ4v) is 2.64. The molecule has 2 aromatic carbocycles. The number of para-hydroxylation sites is 2. The van der Waals surface area contributed by atoms with Crippen molar-refractivity contribution in [2.45, 2.75) is 19.9 Å². The largest absolute Gasteiger partial charge is 0.475 e. The number of nitrogens with one attached hydrogen (secondary N) is 2. The van der Waals surface area contributed by atoms with Crippen LogP contribution in [0.5, 0.6) is 0 Å². The van der Waals surface area contributed by atoms with Crippen LogP contribution in [0, 0.1) is 16.0 Å². The number of carbonyl (C=O) groups is 1. The summed E-state index contributed by atoms with van der Waals surface area (Å²) in [5.41, 5.74) is 1.25. The third-order valence-electron chi connectivity index (χ3n) is 4.16. The number of nitro groups is 1. The highest BCUT2D eigenvalue weighted by molar-refractivity contribution is 6.02. The standard InChI is InChI=1S/C19H20N4O4/c1-12(2)16-11-27-18(21-16)13-6-5-7-14(10-13)20-19(24)22-15-8-3-4-9-17(15)23(25)26/h3-10,12,16H,11H2,1-2H3,(H2,20,22,24)/t16-/m1/s1. The van der Waals surface area contributed by atoms with Gasteiger partial charge < -0.3 is 15.4 Å². The highest BCUT2D eigenvalue weighted by atomic mass is 16.6. The average Bonchev–Trinajstić information content (AvgIpc) is 3.12. The van der Waals surface area contributed by atoms with Gasteiger partial charge in [0.25, 0.3) is 5.69 Å². The van der Waals surface area contributed by atoms with E-state index in [9.17, 15) is 14.9 Å². The number of aliphatic imine (C=N–C) groups is 1. The van der Waals surface area contributed by atoms with Crippen LogP contribution in [0.4, 0.5) is 21.9 Å². The number of ether oxygens (including phenoxy) is 1. The molecule has 27 heavy (non-hydrogen) atoms. The molecule has 1 atom stereocenters. The molecule has 3 rings (SSSR count). The molecule has 8 heteroatoms. The quantitative estimate of drug-likeness (QED) is 0.613. The predicted molar refractivity (Wildman–Crippen MR) is 103 cm³/mol. The Balaban J connectivity index is 1.71. The fraction of sp³-hybridized carbons (Fsp3) is 0.263. The number of nitrogens with zero attached hydrogens (tertiary/aromatic N) is 2. The molecule has 8 nitrogen and oxygen atoms in total. The highest BCUT2D eigenvalue weighted by Crippen LogP contribution is 2.24. The van der Waals surface area contributed by atoms with Gasteiger partial charge in [-0.3, -0.25) is 10.1 Å². The van der Waals surface area contributed by atoms with Gasteiger partial charge in [0.2, 0.25) is 5.90 Å². The lowest BCUT2D eigenvalue weighted by Gasteiger charge is -2.09. The number of rotatable bonds is 5. The van der Waals surface area contributed by atoms with Gasteiger partial charge in [-0.15, -0.1) is 0 Å². The molecule has 1 aliphatic rings. The van der Waals surface area contributed by atoms with Crippen LogP contribution in [-0.2, 0) is 4.74 Å². The Hall–Kier alpha value is -3.42. The minimum absolute atomic E-state index is 0.124. The first kappa shape index (κ1) is 18.4. The highest BCUT2D eigenvalue weighted by Gasteiger charge is 2.23. The van der Waals surface area contributed by atoms with Crippen molar-refractivity contribution >= 4 is 29.0 Å². The van der Waals surface area contributed by atoms with Crippen LogP contribution in [-0.4, -0.2) is 29.5 Å². The molecule has 2 amide bonds. The third kappa shape index (κ3) is 4.41. The lowest BCUT2D eigenvalue weighted by atomic mass is 10.1. The van der Waals surface area contributed by atoms with Crippen molar-refractivity contribution in [2.75, 3.05) is 17.2 Å². The van der Waals surface area contributed by atoms with Gasteiger partial charge >= 0.3 is 6.03 Å². The zero-order valence-electron chi connectivity index (χ0n) is 15.0. The zero-order chi connectivity index (χ0) is 19.4. The Morgan fingerprint density at radius 2 is 2.00 bits per heavy atom. The number of benzene rings is 2. The molecule has 0 saturated heterocycles. The van der Waals surface area contributed by atoms with Crippen molar-refractivity contribution in [1.82, 2.24) is 0 Å². The maximum Gasteiger partial charge on any atom is 0.323 e. The van der Waals surface area contributed by atoms with E-state index in [-0.39, 0.29) is 17.4 Å². The Morgan fingerprint density at radius 1 is 1.22 bits per heavy atom. The van der Waals surface area contributed by atoms with Gasteiger partial charge in [-0.05, 0) is 30.2 Å². The first-order valence-electron chi connectivity index (χ1n) is 8.56. The topological polar surface area (TPSA) is 106 Å². The van der Waals surface area contributed by atoms with E-state index in [4.69, 9.17) is 4.74 Å². The van der Waals surface area contributed by atoms with E-state index in [0.717, 1.165) is 5.56 Å². The van der Waals surface area contributed by atoms with E-state index < -0.39 is 11.0 Å². The maximum absolute atomic E-state index is 12.2. The van der Waals surface area contributed by atoms with Crippen molar-refractivity contribution in [1.29, 1.82) is 0 Å². The average molecular weight is 368 g/mol. The molecule has 0 unspecified atom stereocenters. The summed E-state index contributed by atoms with van der Waals surface area (Å²) in [6.45, 7) is 4.72. The summed E-state index contributed by atoms with van der Waals surface area (Å²) >= 11 is 0. The molecule has 0 spiro atoms. The van der Waals surface area contributed by atoms with Gasteiger partial charge in [-0.1, -0.05) is 32.0 Å². The first-order valence-corrected chi connectivity index (χ1v) is 8.56. The first-order chi connectivity index (χ1) is 12.9. The smallest absolute Gasteiger partial charge is 0.323 e. The fourth-order valence-electron chi connectivity index (χ4n) is 2.64. The molecule has 0 saturated carbocycles. The summed E-state index contributed by atoms with van der Waals surface area (Å²) in [6.07, 6.45) is 0.